The number of carbonyl (C=O) groups excluding carboxylic acids is 1. The topological polar surface area (TPSA) is 29.1 Å². The average Bonchev–Trinajstić information content (AvgIpc) is 2.22. The number of benzene rings is 1. The lowest BCUT2D eigenvalue weighted by Crippen LogP contribution is -2.12. The van der Waals surface area contributed by atoms with Crippen molar-refractivity contribution in [2.75, 3.05) is 11.2 Å². The molecular weight excluding hydrogens is 224 g/mol. The maximum Gasteiger partial charge on any atom is 0.224 e. The number of hydrogen-bond acceptors (Lipinski definition) is 1. The van der Waals surface area contributed by atoms with E-state index in [0.717, 1.165) is 6.07 Å². The van der Waals surface area contributed by atoms with Gasteiger partial charge in [-0.2, -0.15) is 0 Å². The lowest BCUT2D eigenvalue weighted by molar-refractivity contribution is -0.116. The van der Waals surface area contributed by atoms with Gasteiger partial charge in [-0.15, -0.1) is 11.6 Å². The van der Waals surface area contributed by atoms with Crippen molar-refractivity contribution in [3.05, 3.63) is 29.8 Å². The van der Waals surface area contributed by atoms with Crippen LogP contribution in [0.3, 0.4) is 0 Å². The number of nitrogens with one attached hydrogen (secondary N) is 1. The van der Waals surface area contributed by atoms with E-state index >= 15 is 0 Å². The van der Waals surface area contributed by atoms with Gasteiger partial charge in [0.05, 0.1) is 5.69 Å². The molecule has 0 aliphatic carbocycles. The zero-order valence-corrected chi connectivity index (χ0v) is 8.65. The van der Waals surface area contributed by atoms with Crippen molar-refractivity contribution < 1.29 is 13.6 Å². The Morgan fingerprint density at radius 2 is 2.13 bits per heavy atom. The van der Waals surface area contributed by atoms with E-state index in [0.29, 0.717) is 12.3 Å². The molecule has 0 saturated heterocycles. The minimum absolute atomic E-state index is 0.144. The van der Waals surface area contributed by atoms with Crippen molar-refractivity contribution in [3.8, 4) is 0 Å². The number of carbonyl (C=O) groups is 1. The first-order chi connectivity index (χ1) is 7.15. The molecule has 1 aromatic carbocycles. The molecule has 0 aromatic heterocycles. The maximum absolute atomic E-state index is 13.1. The van der Waals surface area contributed by atoms with Gasteiger partial charge in [0.25, 0.3) is 0 Å². The first kappa shape index (κ1) is 11.9. The zero-order chi connectivity index (χ0) is 11.3. The van der Waals surface area contributed by atoms with Gasteiger partial charge in [0.15, 0.2) is 11.6 Å². The van der Waals surface area contributed by atoms with Gasteiger partial charge in [-0.1, -0.05) is 6.07 Å². The Kier molecular flexibility index (Phi) is 4.49. The largest absolute Gasteiger partial charge is 0.324 e. The minimum atomic E-state index is -1.04. The lowest BCUT2D eigenvalue weighted by Gasteiger charge is -2.05. The summed E-state index contributed by atoms with van der Waals surface area (Å²) < 4.78 is 25.8. The standard InChI is InChI=1S/C10H10ClF2NO/c11-6-2-5-9(15)14-8-4-1-3-7(12)10(8)13/h1,3-4H,2,5-6H2,(H,14,15). The van der Waals surface area contributed by atoms with E-state index in [1.54, 1.807) is 0 Å². The second-order valence-corrected chi connectivity index (χ2v) is 3.32. The summed E-state index contributed by atoms with van der Waals surface area (Å²) in [5.41, 5.74) is -0.144. The van der Waals surface area contributed by atoms with Gasteiger partial charge >= 0.3 is 0 Å². The van der Waals surface area contributed by atoms with Crippen LogP contribution >= 0.6 is 11.6 Å². The monoisotopic (exact) mass is 233 g/mol. The van der Waals surface area contributed by atoms with Crippen molar-refractivity contribution in [1.29, 1.82) is 0 Å². The molecule has 0 atom stereocenters. The Hall–Kier alpha value is -1.16. The number of hydrogen-bond donors (Lipinski definition) is 1. The molecule has 1 N–H and O–H groups in total. The fourth-order valence-corrected chi connectivity index (χ4v) is 1.17. The van der Waals surface area contributed by atoms with E-state index in [9.17, 15) is 13.6 Å². The van der Waals surface area contributed by atoms with Crippen molar-refractivity contribution in [3.63, 3.8) is 0 Å². The maximum atomic E-state index is 13.1. The van der Waals surface area contributed by atoms with Crippen molar-refractivity contribution in [1.82, 2.24) is 0 Å². The first-order valence-electron chi connectivity index (χ1n) is 4.45. The molecule has 0 bridgehead atoms. The fourth-order valence-electron chi connectivity index (χ4n) is 1.04. The molecule has 82 valence electrons. The number of rotatable bonds is 4. The summed E-state index contributed by atoms with van der Waals surface area (Å²) in [5.74, 6) is -2.04. The van der Waals surface area contributed by atoms with Crippen molar-refractivity contribution >= 4 is 23.2 Å². The number of halogens is 3. The highest BCUT2D eigenvalue weighted by molar-refractivity contribution is 6.18. The summed E-state index contributed by atoms with van der Waals surface area (Å²) in [6, 6.07) is 3.62. The van der Waals surface area contributed by atoms with Gasteiger partial charge < -0.3 is 5.32 Å². The second-order valence-electron chi connectivity index (χ2n) is 2.94. The third-order valence-corrected chi connectivity index (χ3v) is 2.03. The van der Waals surface area contributed by atoms with Crippen LogP contribution in [0.5, 0.6) is 0 Å². The summed E-state index contributed by atoms with van der Waals surface area (Å²) in [7, 11) is 0. The van der Waals surface area contributed by atoms with Crippen LogP contribution in [-0.4, -0.2) is 11.8 Å². The van der Waals surface area contributed by atoms with Crippen LogP contribution in [-0.2, 0) is 4.79 Å². The van der Waals surface area contributed by atoms with E-state index in [2.05, 4.69) is 5.32 Å². The van der Waals surface area contributed by atoms with E-state index in [1.165, 1.54) is 12.1 Å². The van der Waals surface area contributed by atoms with Crippen LogP contribution < -0.4 is 5.32 Å². The molecule has 15 heavy (non-hydrogen) atoms. The fraction of sp³-hybridized carbons (Fsp3) is 0.300. The quantitative estimate of drug-likeness (QED) is 0.796. The molecule has 0 aliphatic rings. The average molecular weight is 234 g/mol. The normalized spacial score (nSPS) is 10.1. The van der Waals surface area contributed by atoms with Crippen LogP contribution in [0.15, 0.2) is 18.2 Å². The van der Waals surface area contributed by atoms with Crippen LogP contribution in [0, 0.1) is 11.6 Å². The summed E-state index contributed by atoms with van der Waals surface area (Å²) in [6.45, 7) is 0. The Labute approximate surface area is 91.2 Å². The molecule has 0 radical (unpaired) electrons. The molecule has 0 unspecified atom stereocenters. The highest BCUT2D eigenvalue weighted by Crippen LogP contribution is 2.16. The Morgan fingerprint density at radius 1 is 1.40 bits per heavy atom. The van der Waals surface area contributed by atoms with E-state index < -0.39 is 11.6 Å². The molecule has 0 heterocycles. The molecule has 0 fully saturated rings. The molecule has 0 saturated carbocycles. The summed E-state index contributed by atoms with van der Waals surface area (Å²) in [6.07, 6.45) is 0.698. The second kappa shape index (κ2) is 5.66. The molecular formula is C10H10ClF2NO. The van der Waals surface area contributed by atoms with Gasteiger partial charge in [0.2, 0.25) is 5.91 Å². The van der Waals surface area contributed by atoms with Crippen molar-refractivity contribution in [2.24, 2.45) is 0 Å². The van der Waals surface area contributed by atoms with Gasteiger partial charge in [0.1, 0.15) is 0 Å². The summed E-state index contributed by atoms with van der Waals surface area (Å²) in [5, 5.41) is 2.27. The Bertz CT molecular complexity index is 357. The highest BCUT2D eigenvalue weighted by atomic mass is 35.5. The molecule has 5 heteroatoms. The van der Waals surface area contributed by atoms with Crippen LogP contribution in [0.4, 0.5) is 14.5 Å². The van der Waals surface area contributed by atoms with E-state index in [4.69, 9.17) is 11.6 Å². The van der Waals surface area contributed by atoms with Crippen molar-refractivity contribution in [2.45, 2.75) is 12.8 Å². The van der Waals surface area contributed by atoms with E-state index in [-0.39, 0.29) is 18.0 Å². The molecule has 1 rings (SSSR count). The number of alkyl halides is 1. The summed E-state index contributed by atoms with van der Waals surface area (Å²) in [4.78, 5) is 11.2. The Balaban J connectivity index is 2.64. The van der Waals surface area contributed by atoms with Crippen LogP contribution in [0.1, 0.15) is 12.8 Å². The third kappa shape index (κ3) is 3.47. The Morgan fingerprint density at radius 3 is 2.80 bits per heavy atom. The first-order valence-corrected chi connectivity index (χ1v) is 4.98. The predicted octanol–water partition coefficient (Wildman–Crippen LogP) is 2.92. The number of anilines is 1. The predicted molar refractivity (Wildman–Crippen MR) is 54.9 cm³/mol. The van der Waals surface area contributed by atoms with E-state index in [1.807, 2.05) is 0 Å². The molecule has 2 nitrogen and oxygen atoms in total. The van der Waals surface area contributed by atoms with Gasteiger partial charge in [-0.3, -0.25) is 4.79 Å². The molecule has 0 aliphatic heterocycles. The molecule has 1 amide bonds. The zero-order valence-electron chi connectivity index (χ0n) is 7.90. The van der Waals surface area contributed by atoms with Gasteiger partial charge in [-0.25, -0.2) is 8.78 Å². The minimum Gasteiger partial charge on any atom is -0.324 e. The molecule has 1 aromatic rings. The van der Waals surface area contributed by atoms with Crippen LogP contribution in [0.25, 0.3) is 0 Å². The number of amides is 1. The lowest BCUT2D eigenvalue weighted by atomic mass is 10.2. The highest BCUT2D eigenvalue weighted by Gasteiger charge is 2.09. The summed E-state index contributed by atoms with van der Waals surface area (Å²) >= 11 is 5.39. The van der Waals surface area contributed by atoms with Gasteiger partial charge in [-0.05, 0) is 18.6 Å². The molecule has 0 spiro atoms. The van der Waals surface area contributed by atoms with Crippen LogP contribution in [0.2, 0.25) is 0 Å². The third-order valence-electron chi connectivity index (χ3n) is 1.76. The van der Waals surface area contributed by atoms with Gasteiger partial charge in [0, 0.05) is 12.3 Å². The smallest absolute Gasteiger partial charge is 0.224 e. The SMILES string of the molecule is O=C(CCCCl)Nc1cccc(F)c1F.